The normalized spacial score (nSPS) is 11.1. The Hall–Kier alpha value is -3.10. The summed E-state index contributed by atoms with van der Waals surface area (Å²) in [5.41, 5.74) is -0.463. The fraction of sp³-hybridized carbons (Fsp3) is 0.333. The molecule has 0 N–H and O–H groups in total. The maximum absolute atomic E-state index is 12.4. The topological polar surface area (TPSA) is 95.3 Å². The predicted octanol–water partition coefficient (Wildman–Crippen LogP) is -0.315. The molecule has 0 aliphatic rings. The number of furan rings is 1. The summed E-state index contributed by atoms with van der Waals surface area (Å²) in [5.74, 6) is 0.459. The second-order valence-corrected chi connectivity index (χ2v) is 5.58. The molecular formula is C15H17N5O4. The molecule has 0 saturated heterocycles. The zero-order valence-corrected chi connectivity index (χ0v) is 13.6. The van der Waals surface area contributed by atoms with Gasteiger partial charge in [0.15, 0.2) is 11.2 Å². The van der Waals surface area contributed by atoms with Gasteiger partial charge in [-0.3, -0.25) is 18.7 Å². The minimum Gasteiger partial charge on any atom is -0.467 e. The summed E-state index contributed by atoms with van der Waals surface area (Å²) in [6, 6.07) is 3.53. The van der Waals surface area contributed by atoms with Crippen molar-refractivity contribution < 1.29 is 9.21 Å². The van der Waals surface area contributed by atoms with Crippen molar-refractivity contribution in [3.05, 3.63) is 51.3 Å². The lowest BCUT2D eigenvalue weighted by Gasteiger charge is -2.16. The molecule has 1 amide bonds. The van der Waals surface area contributed by atoms with Crippen LogP contribution in [0.5, 0.6) is 0 Å². The number of aryl methyl sites for hydroxylation is 1. The van der Waals surface area contributed by atoms with Gasteiger partial charge in [-0.05, 0) is 12.1 Å². The van der Waals surface area contributed by atoms with E-state index in [0.29, 0.717) is 12.3 Å². The van der Waals surface area contributed by atoms with E-state index in [2.05, 4.69) is 4.98 Å². The Bertz CT molecular complexity index is 1010. The van der Waals surface area contributed by atoms with Crippen molar-refractivity contribution >= 4 is 17.1 Å². The number of rotatable bonds is 4. The predicted molar refractivity (Wildman–Crippen MR) is 85.4 cm³/mol. The number of aromatic nitrogens is 4. The van der Waals surface area contributed by atoms with E-state index in [1.165, 1.54) is 34.5 Å². The quantitative estimate of drug-likeness (QED) is 0.653. The third-order valence-electron chi connectivity index (χ3n) is 3.92. The summed E-state index contributed by atoms with van der Waals surface area (Å²) in [5, 5.41) is 0. The molecule has 0 aliphatic heterocycles. The zero-order valence-electron chi connectivity index (χ0n) is 13.6. The number of carbonyl (C=O) groups is 1. The van der Waals surface area contributed by atoms with Crippen molar-refractivity contribution in [2.24, 2.45) is 14.1 Å². The molecule has 9 nitrogen and oxygen atoms in total. The van der Waals surface area contributed by atoms with Crippen LogP contribution >= 0.6 is 0 Å². The van der Waals surface area contributed by atoms with Gasteiger partial charge in [-0.25, -0.2) is 9.78 Å². The highest BCUT2D eigenvalue weighted by molar-refractivity contribution is 5.78. The van der Waals surface area contributed by atoms with E-state index in [9.17, 15) is 14.4 Å². The summed E-state index contributed by atoms with van der Waals surface area (Å²) in [6.07, 6.45) is 2.94. The number of imidazole rings is 1. The van der Waals surface area contributed by atoms with Crippen molar-refractivity contribution in [3.8, 4) is 0 Å². The maximum Gasteiger partial charge on any atom is 0.332 e. The highest BCUT2D eigenvalue weighted by atomic mass is 16.3. The van der Waals surface area contributed by atoms with Crippen molar-refractivity contribution in [3.63, 3.8) is 0 Å². The molecule has 0 unspecified atom stereocenters. The second-order valence-electron chi connectivity index (χ2n) is 5.58. The lowest BCUT2D eigenvalue weighted by molar-refractivity contribution is -0.131. The lowest BCUT2D eigenvalue weighted by atomic mass is 10.4. The fourth-order valence-electron chi connectivity index (χ4n) is 2.51. The first kappa shape index (κ1) is 15.8. The smallest absolute Gasteiger partial charge is 0.332 e. The van der Waals surface area contributed by atoms with Gasteiger partial charge in [0.2, 0.25) is 5.91 Å². The van der Waals surface area contributed by atoms with Crippen LogP contribution in [-0.2, 0) is 32.0 Å². The highest BCUT2D eigenvalue weighted by Gasteiger charge is 2.18. The molecule has 0 aliphatic carbocycles. The first-order chi connectivity index (χ1) is 11.4. The van der Waals surface area contributed by atoms with Crippen LogP contribution in [0.4, 0.5) is 0 Å². The summed E-state index contributed by atoms with van der Waals surface area (Å²) in [4.78, 5) is 42.2. The van der Waals surface area contributed by atoms with Gasteiger partial charge in [0.1, 0.15) is 12.3 Å². The van der Waals surface area contributed by atoms with E-state index in [4.69, 9.17) is 4.42 Å². The summed E-state index contributed by atoms with van der Waals surface area (Å²) < 4.78 is 8.96. The molecule has 3 aromatic rings. The van der Waals surface area contributed by atoms with E-state index in [1.807, 2.05) is 0 Å². The van der Waals surface area contributed by atoms with Gasteiger partial charge < -0.3 is 13.9 Å². The molecule has 3 rings (SSSR count). The standard InChI is InChI=1S/C15H17N5O4/c1-17(7-10-5-4-6-24-10)11(21)8-20-9-16-13-12(20)14(22)19(3)15(23)18(13)2/h4-6,9H,7-8H2,1-3H3. The molecule has 0 atom stereocenters. The van der Waals surface area contributed by atoms with E-state index in [-0.39, 0.29) is 23.6 Å². The number of likely N-dealkylation sites (N-methyl/N-ethyl adjacent to an activating group) is 1. The first-order valence-corrected chi connectivity index (χ1v) is 7.27. The van der Waals surface area contributed by atoms with Crippen LogP contribution in [-0.4, -0.2) is 36.5 Å². The van der Waals surface area contributed by atoms with Crippen molar-refractivity contribution in [2.45, 2.75) is 13.1 Å². The number of hydrogen-bond acceptors (Lipinski definition) is 5. The minimum atomic E-state index is -0.480. The average Bonchev–Trinajstić information content (AvgIpc) is 3.20. The summed E-state index contributed by atoms with van der Waals surface area (Å²) in [7, 11) is 4.58. The molecule has 0 fully saturated rings. The molecular weight excluding hydrogens is 314 g/mol. The molecule has 0 spiro atoms. The minimum absolute atomic E-state index is 0.0544. The van der Waals surface area contributed by atoms with E-state index >= 15 is 0 Å². The van der Waals surface area contributed by atoms with Gasteiger partial charge >= 0.3 is 5.69 Å². The van der Waals surface area contributed by atoms with E-state index in [1.54, 1.807) is 25.4 Å². The summed E-state index contributed by atoms with van der Waals surface area (Å²) >= 11 is 0. The van der Waals surface area contributed by atoms with Gasteiger partial charge in [-0.2, -0.15) is 0 Å². The fourth-order valence-corrected chi connectivity index (χ4v) is 2.51. The number of fused-ring (bicyclic) bond motifs is 1. The number of carbonyl (C=O) groups excluding carboxylic acids is 1. The van der Waals surface area contributed by atoms with Gasteiger partial charge in [0.05, 0.1) is 19.1 Å². The lowest BCUT2D eigenvalue weighted by Crippen LogP contribution is -2.38. The number of amides is 1. The largest absolute Gasteiger partial charge is 0.467 e. The molecule has 126 valence electrons. The Balaban J connectivity index is 1.92. The SMILES string of the molecule is CN(Cc1ccco1)C(=O)Cn1cnc2c1c(=O)n(C)c(=O)n2C. The Morgan fingerprint density at radius 3 is 2.71 bits per heavy atom. The Morgan fingerprint density at radius 1 is 1.29 bits per heavy atom. The van der Waals surface area contributed by atoms with E-state index < -0.39 is 11.2 Å². The van der Waals surface area contributed by atoms with Crippen LogP contribution in [0.1, 0.15) is 5.76 Å². The van der Waals surface area contributed by atoms with Crippen LogP contribution in [0.3, 0.4) is 0 Å². The molecule has 24 heavy (non-hydrogen) atoms. The van der Waals surface area contributed by atoms with Crippen LogP contribution in [0.15, 0.2) is 38.7 Å². The molecule has 0 radical (unpaired) electrons. The third kappa shape index (κ3) is 2.53. The molecule has 3 heterocycles. The molecule has 0 saturated carbocycles. The summed E-state index contributed by atoms with van der Waals surface area (Å²) in [6.45, 7) is 0.274. The maximum atomic E-state index is 12.4. The Kier molecular flexibility index (Phi) is 3.84. The molecule has 0 aromatic carbocycles. The number of hydrogen-bond donors (Lipinski definition) is 0. The average molecular weight is 331 g/mol. The van der Waals surface area contributed by atoms with Crippen LogP contribution < -0.4 is 11.2 Å². The third-order valence-corrected chi connectivity index (χ3v) is 3.92. The molecule has 9 heteroatoms. The van der Waals surface area contributed by atoms with Crippen LogP contribution in [0, 0.1) is 0 Å². The Labute approximate surface area is 136 Å². The van der Waals surface area contributed by atoms with E-state index in [0.717, 1.165) is 4.57 Å². The van der Waals surface area contributed by atoms with Crippen molar-refractivity contribution in [1.29, 1.82) is 0 Å². The zero-order chi connectivity index (χ0) is 17.4. The van der Waals surface area contributed by atoms with Crippen molar-refractivity contribution in [1.82, 2.24) is 23.6 Å². The monoisotopic (exact) mass is 331 g/mol. The molecule has 0 bridgehead atoms. The second kappa shape index (κ2) is 5.84. The van der Waals surface area contributed by atoms with Gasteiger partial charge in [-0.15, -0.1) is 0 Å². The van der Waals surface area contributed by atoms with Crippen LogP contribution in [0.2, 0.25) is 0 Å². The van der Waals surface area contributed by atoms with Gasteiger partial charge in [-0.1, -0.05) is 0 Å². The van der Waals surface area contributed by atoms with Crippen LogP contribution in [0.25, 0.3) is 11.2 Å². The highest BCUT2D eigenvalue weighted by Crippen LogP contribution is 2.08. The van der Waals surface area contributed by atoms with Gasteiger partial charge in [0.25, 0.3) is 5.56 Å². The van der Waals surface area contributed by atoms with Gasteiger partial charge in [0, 0.05) is 21.1 Å². The van der Waals surface area contributed by atoms with Crippen molar-refractivity contribution in [2.75, 3.05) is 7.05 Å². The number of nitrogens with zero attached hydrogens (tertiary/aromatic N) is 5. The Morgan fingerprint density at radius 2 is 2.04 bits per heavy atom. The molecule has 3 aromatic heterocycles. The first-order valence-electron chi connectivity index (χ1n) is 7.27.